The van der Waals surface area contributed by atoms with Crippen LogP contribution in [-0.4, -0.2) is 123 Å². The summed E-state index contributed by atoms with van der Waals surface area (Å²) in [5, 5.41) is 22.6. The van der Waals surface area contributed by atoms with Crippen molar-refractivity contribution < 1.29 is 86.3 Å². The van der Waals surface area contributed by atoms with Crippen LogP contribution < -0.4 is 37.9 Å². The molecular weight excluding hydrogens is 1080 g/mol. The lowest BCUT2D eigenvalue weighted by atomic mass is 9.80. The van der Waals surface area contributed by atoms with Crippen LogP contribution in [-0.2, 0) is 19.1 Å². The molecule has 9 aromatic carbocycles. The molecule has 2 atom stereocenters. The third-order valence-electron chi connectivity index (χ3n) is 14.7. The molecular formula is C64H54N2O18. The smallest absolute Gasteiger partial charge is 0.327 e. The molecule has 2 aliphatic rings. The Labute approximate surface area is 479 Å². The van der Waals surface area contributed by atoms with Gasteiger partial charge in [0.1, 0.15) is 81.1 Å². The maximum absolute atomic E-state index is 15.5. The fourth-order valence-corrected chi connectivity index (χ4v) is 11.0. The number of fused-ring (bicyclic) bond motifs is 2. The van der Waals surface area contributed by atoms with Gasteiger partial charge in [0.2, 0.25) is 0 Å². The van der Waals surface area contributed by atoms with E-state index in [9.17, 15) is 19.8 Å². The fourth-order valence-electron chi connectivity index (χ4n) is 11.0. The van der Waals surface area contributed by atoms with Crippen molar-refractivity contribution in [2.75, 3.05) is 54.9 Å². The highest BCUT2D eigenvalue weighted by molar-refractivity contribution is 6.45. The molecule has 0 bridgehead atoms. The van der Waals surface area contributed by atoms with Crippen molar-refractivity contribution in [1.82, 2.24) is 9.80 Å². The maximum atomic E-state index is 15.5. The van der Waals surface area contributed by atoms with Gasteiger partial charge in [-0.3, -0.25) is 29.0 Å². The molecule has 2 unspecified atom stereocenters. The van der Waals surface area contributed by atoms with Gasteiger partial charge in [0.15, 0.2) is 0 Å². The van der Waals surface area contributed by atoms with Crippen molar-refractivity contribution >= 4 is 78.7 Å². The number of ether oxygens (including phenoxy) is 10. The summed E-state index contributed by atoms with van der Waals surface area (Å²) in [7, 11) is 5.89. The van der Waals surface area contributed by atoms with Gasteiger partial charge in [-0.25, -0.2) is 9.59 Å². The molecule has 11 rings (SSSR count). The predicted octanol–water partition coefficient (Wildman–Crippen LogP) is 11.9. The Morgan fingerprint density at radius 3 is 0.857 bits per heavy atom. The van der Waals surface area contributed by atoms with Gasteiger partial charge in [-0.05, 0) is 86.6 Å². The minimum Gasteiger partial charge on any atom is -0.497 e. The van der Waals surface area contributed by atoms with Gasteiger partial charge in [-0.1, -0.05) is 24.3 Å². The highest BCUT2D eigenvalue weighted by atomic mass is 16.5. The van der Waals surface area contributed by atoms with Crippen molar-refractivity contribution in [3.05, 3.63) is 144 Å². The van der Waals surface area contributed by atoms with Crippen molar-refractivity contribution in [2.45, 2.75) is 38.8 Å². The largest absolute Gasteiger partial charge is 0.497 e. The predicted molar refractivity (Wildman–Crippen MR) is 306 cm³/mol. The van der Waals surface area contributed by atoms with E-state index in [1.807, 2.05) is 0 Å². The van der Waals surface area contributed by atoms with Crippen LogP contribution in [0.15, 0.2) is 121 Å². The Balaban J connectivity index is 1.38. The zero-order chi connectivity index (χ0) is 59.1. The lowest BCUT2D eigenvalue weighted by Crippen LogP contribution is -2.51. The number of aliphatic carboxylic acids is 2. The van der Waals surface area contributed by atoms with Gasteiger partial charge in [0.25, 0.3) is 23.6 Å². The number of hydrogen-bond acceptors (Lipinski definition) is 16. The molecule has 0 aliphatic carbocycles. The first-order valence-corrected chi connectivity index (χ1v) is 26.7. The number of nitrogens with zero attached hydrogens (tertiary/aromatic N) is 2. The van der Waals surface area contributed by atoms with E-state index in [1.165, 1.54) is 52.7 Å². The SMILES string of the molecule is CCOCCC(C(=O)O)N1C(=O)c2cc(Oc3cccc(OC)c3)c3c4c(Oc5cccc(OC)c5)cc5c6c(cc(Oc7cccc(OC)c7)c(c7c(Oc8cccc(OC)c8)cc(c2c37)C1=O)c64)C(=O)N(C(CCOCC)C(=O)O)C5=O. The monoisotopic (exact) mass is 1140 g/mol. The van der Waals surface area contributed by atoms with Crippen molar-refractivity contribution in [2.24, 2.45) is 0 Å². The number of carboxylic acids is 2. The van der Waals surface area contributed by atoms with Crippen LogP contribution in [0.5, 0.6) is 69.0 Å². The Hall–Kier alpha value is -10.2. The lowest BCUT2D eigenvalue weighted by Gasteiger charge is -2.35. The topological polar surface area (TPSA) is 242 Å². The molecule has 9 aromatic rings. The number of carbonyl (C=O) groups is 6. The van der Waals surface area contributed by atoms with Crippen LogP contribution >= 0.6 is 0 Å². The quantitative estimate of drug-likeness (QED) is 0.0247. The summed E-state index contributed by atoms with van der Waals surface area (Å²) in [6, 6.07) is 28.7. The first kappa shape index (κ1) is 55.7. The Morgan fingerprint density at radius 1 is 0.381 bits per heavy atom. The summed E-state index contributed by atoms with van der Waals surface area (Å²) in [5.74, 6) is -4.76. The van der Waals surface area contributed by atoms with E-state index in [4.69, 9.17) is 47.4 Å². The summed E-state index contributed by atoms with van der Waals surface area (Å²) in [6.07, 6.45) is -0.527. The fraction of sp³-hybridized carbons (Fsp3) is 0.219. The number of carbonyl (C=O) groups excluding carboxylic acids is 4. The van der Waals surface area contributed by atoms with Crippen LogP contribution in [0.4, 0.5) is 0 Å². The zero-order valence-corrected chi connectivity index (χ0v) is 46.3. The normalized spacial score (nSPS) is 13.6. The minimum absolute atomic E-state index is 0.0480. The second-order valence-electron chi connectivity index (χ2n) is 19.5. The van der Waals surface area contributed by atoms with Gasteiger partial charge in [0, 0.05) is 107 Å². The van der Waals surface area contributed by atoms with Crippen LogP contribution in [0.2, 0.25) is 0 Å². The third-order valence-corrected chi connectivity index (χ3v) is 14.7. The van der Waals surface area contributed by atoms with Crippen molar-refractivity contribution in [1.29, 1.82) is 0 Å². The van der Waals surface area contributed by atoms with Gasteiger partial charge in [-0.2, -0.15) is 0 Å². The van der Waals surface area contributed by atoms with Gasteiger partial charge < -0.3 is 57.6 Å². The van der Waals surface area contributed by atoms with E-state index < -0.39 is 47.7 Å². The first-order chi connectivity index (χ1) is 40.7. The average Bonchev–Trinajstić information content (AvgIpc) is 1.55. The first-order valence-electron chi connectivity index (χ1n) is 26.7. The number of hydrogen-bond donors (Lipinski definition) is 2. The molecule has 0 aromatic heterocycles. The van der Waals surface area contributed by atoms with Gasteiger partial charge >= 0.3 is 11.9 Å². The van der Waals surface area contributed by atoms with Crippen molar-refractivity contribution in [3.8, 4) is 69.0 Å². The Bertz CT molecular complexity index is 3670. The molecule has 20 heteroatoms. The molecule has 0 saturated heterocycles. The summed E-state index contributed by atoms with van der Waals surface area (Å²) in [6.45, 7) is 3.72. The molecule has 0 saturated carbocycles. The summed E-state index contributed by atoms with van der Waals surface area (Å²) in [4.78, 5) is 90.2. The van der Waals surface area contributed by atoms with E-state index in [2.05, 4.69) is 0 Å². The molecule has 2 N–H and O–H groups in total. The van der Waals surface area contributed by atoms with E-state index in [-0.39, 0.29) is 151 Å². The average molecular weight is 1140 g/mol. The lowest BCUT2D eigenvalue weighted by molar-refractivity contribution is -0.143. The molecule has 0 fully saturated rings. The standard InChI is InChI=1S/C64H54N2O18/c1-7-79-23-21-45(63(71)72)65-59(67)41-29-47(81-37-17-9-13-33(25-37)75-3)53-55-49(83-39-19-11-15-35(27-39)77-5)31-43-52-44(62(70)66(61(43)69)46(64(73)74)22-24-80-8-2)32-50(84-40-20-12-16-36(28-40)78-6)56(58(52)55)54-48(30-42(60(65)68)51(41)57(53)54)82-38-18-10-14-34(26-38)76-4/h9-20,25-32,45-46H,7-8,21-24H2,1-6H3,(H,71,72)(H,73,74). The second-order valence-corrected chi connectivity index (χ2v) is 19.5. The van der Waals surface area contributed by atoms with E-state index >= 15 is 19.2 Å². The molecule has 84 heavy (non-hydrogen) atoms. The van der Waals surface area contributed by atoms with Crippen LogP contribution in [0.25, 0.3) is 43.1 Å². The minimum atomic E-state index is -1.71. The molecule has 0 radical (unpaired) electrons. The number of carboxylic acid groups (broad SMARTS) is 2. The molecule has 428 valence electrons. The van der Waals surface area contributed by atoms with Crippen LogP contribution in [0.3, 0.4) is 0 Å². The number of benzene rings is 9. The summed E-state index contributed by atoms with van der Waals surface area (Å²) in [5.41, 5.74) is -0.591. The second kappa shape index (κ2) is 23.0. The number of amides is 4. The Morgan fingerprint density at radius 2 is 0.631 bits per heavy atom. The van der Waals surface area contributed by atoms with E-state index in [0.717, 1.165) is 0 Å². The third kappa shape index (κ3) is 9.79. The van der Waals surface area contributed by atoms with Crippen molar-refractivity contribution in [3.63, 3.8) is 0 Å². The highest BCUT2D eigenvalue weighted by Gasteiger charge is 2.46. The Kier molecular flexibility index (Phi) is 15.2. The molecule has 0 spiro atoms. The molecule has 2 aliphatic heterocycles. The highest BCUT2D eigenvalue weighted by Crippen LogP contribution is 2.58. The molecule has 4 amide bonds. The summed E-state index contributed by atoms with van der Waals surface area (Å²) >= 11 is 0. The number of imide groups is 2. The molecule has 2 heterocycles. The number of methoxy groups -OCH3 is 4. The van der Waals surface area contributed by atoms with Gasteiger partial charge in [-0.15, -0.1) is 0 Å². The molecule has 20 nitrogen and oxygen atoms in total. The maximum Gasteiger partial charge on any atom is 0.327 e. The van der Waals surface area contributed by atoms with Gasteiger partial charge in [0.05, 0.1) is 50.7 Å². The summed E-state index contributed by atoms with van der Waals surface area (Å²) < 4.78 is 61.4. The van der Waals surface area contributed by atoms with Crippen LogP contribution in [0.1, 0.15) is 68.1 Å². The zero-order valence-electron chi connectivity index (χ0n) is 46.3. The van der Waals surface area contributed by atoms with Crippen LogP contribution in [0, 0.1) is 0 Å². The van der Waals surface area contributed by atoms with E-state index in [1.54, 1.807) is 111 Å². The number of rotatable bonds is 24. The van der Waals surface area contributed by atoms with E-state index in [0.29, 0.717) is 32.8 Å².